The number of carbonyl (C=O) groups excluding carboxylic acids is 2. The Balaban J connectivity index is 1.75. The molecular formula is C17H20Cl2N2O3S. The smallest absolute Gasteiger partial charge is 0.256 e. The molecule has 0 unspecified atom stereocenters. The highest BCUT2D eigenvalue weighted by molar-refractivity contribution is 8.00. The van der Waals surface area contributed by atoms with Crippen LogP contribution in [-0.4, -0.2) is 65.6 Å². The van der Waals surface area contributed by atoms with Crippen molar-refractivity contribution in [2.75, 3.05) is 39.1 Å². The van der Waals surface area contributed by atoms with Crippen LogP contribution in [0.5, 0.6) is 0 Å². The zero-order valence-electron chi connectivity index (χ0n) is 14.0. The molecule has 1 spiro atoms. The summed E-state index contributed by atoms with van der Waals surface area (Å²) < 4.78 is 4.93. The molecule has 0 N–H and O–H groups in total. The fraction of sp³-hybridized carbons (Fsp3) is 0.529. The lowest BCUT2D eigenvalue weighted by atomic mass is 10.0. The average Bonchev–Trinajstić information content (AvgIpc) is 2.98. The maximum absolute atomic E-state index is 13.1. The fourth-order valence-electron chi connectivity index (χ4n) is 3.44. The van der Waals surface area contributed by atoms with Crippen molar-refractivity contribution in [2.24, 2.45) is 0 Å². The van der Waals surface area contributed by atoms with Crippen molar-refractivity contribution in [1.82, 2.24) is 9.80 Å². The number of hydrogen-bond acceptors (Lipinski definition) is 4. The number of methoxy groups -OCH3 is 1. The first-order valence-corrected chi connectivity index (χ1v) is 9.89. The van der Waals surface area contributed by atoms with E-state index in [-0.39, 0.29) is 23.3 Å². The molecule has 3 rings (SSSR count). The molecule has 8 heteroatoms. The predicted molar refractivity (Wildman–Crippen MR) is 100 cm³/mol. The Labute approximate surface area is 161 Å². The third-order valence-corrected chi connectivity index (χ3v) is 6.85. The van der Waals surface area contributed by atoms with Gasteiger partial charge in [-0.2, -0.15) is 0 Å². The largest absolute Gasteiger partial charge is 0.375 e. The summed E-state index contributed by atoms with van der Waals surface area (Å²) in [6, 6.07) is 4.96. The molecule has 1 aromatic rings. The zero-order valence-corrected chi connectivity index (χ0v) is 16.3. The highest BCUT2D eigenvalue weighted by Crippen LogP contribution is 2.45. The number of rotatable bonds is 3. The van der Waals surface area contributed by atoms with E-state index >= 15 is 0 Å². The Morgan fingerprint density at radius 3 is 2.60 bits per heavy atom. The van der Waals surface area contributed by atoms with Gasteiger partial charge in [-0.25, -0.2) is 0 Å². The van der Waals surface area contributed by atoms with E-state index in [4.69, 9.17) is 27.9 Å². The first-order valence-electron chi connectivity index (χ1n) is 8.14. The van der Waals surface area contributed by atoms with Crippen molar-refractivity contribution in [3.63, 3.8) is 0 Å². The molecule has 25 heavy (non-hydrogen) atoms. The number of carbonyl (C=O) groups is 2. The molecule has 0 aliphatic carbocycles. The van der Waals surface area contributed by atoms with E-state index in [1.54, 1.807) is 30.0 Å². The summed E-state index contributed by atoms with van der Waals surface area (Å²) in [5.41, 5.74) is 0.478. The SMILES string of the molecule is COCC(=O)N1CCC2(CC1)SCCN2C(=O)c1ccc(Cl)cc1Cl. The normalized spacial score (nSPS) is 19.5. The first-order chi connectivity index (χ1) is 12.0. The van der Waals surface area contributed by atoms with Crippen LogP contribution >= 0.6 is 35.0 Å². The lowest BCUT2D eigenvalue weighted by Gasteiger charge is -2.44. The van der Waals surface area contributed by atoms with Crippen LogP contribution in [0.2, 0.25) is 10.0 Å². The van der Waals surface area contributed by atoms with Crippen LogP contribution in [0, 0.1) is 0 Å². The lowest BCUT2D eigenvalue weighted by Crippen LogP contribution is -2.54. The summed E-state index contributed by atoms with van der Waals surface area (Å²) in [5.74, 6) is 0.825. The van der Waals surface area contributed by atoms with E-state index in [0.717, 1.165) is 18.6 Å². The van der Waals surface area contributed by atoms with Crippen LogP contribution in [-0.2, 0) is 9.53 Å². The third kappa shape index (κ3) is 3.77. The molecule has 5 nitrogen and oxygen atoms in total. The van der Waals surface area contributed by atoms with Gasteiger partial charge in [-0.05, 0) is 31.0 Å². The molecule has 2 amide bonds. The zero-order chi connectivity index (χ0) is 18.0. The van der Waals surface area contributed by atoms with Gasteiger partial charge in [0, 0.05) is 37.5 Å². The summed E-state index contributed by atoms with van der Waals surface area (Å²) in [4.78, 5) is 28.5. The highest BCUT2D eigenvalue weighted by Gasteiger charge is 2.47. The first kappa shape index (κ1) is 18.8. The van der Waals surface area contributed by atoms with Gasteiger partial charge in [0.1, 0.15) is 6.61 Å². The number of benzene rings is 1. The summed E-state index contributed by atoms with van der Waals surface area (Å²) in [7, 11) is 1.52. The van der Waals surface area contributed by atoms with Crippen molar-refractivity contribution in [3.05, 3.63) is 33.8 Å². The third-order valence-electron chi connectivity index (χ3n) is 4.75. The Bertz CT molecular complexity index is 678. The molecule has 136 valence electrons. The molecule has 1 aromatic carbocycles. The Hall–Kier alpha value is -0.950. The van der Waals surface area contributed by atoms with Crippen molar-refractivity contribution < 1.29 is 14.3 Å². The summed E-state index contributed by atoms with van der Waals surface area (Å²) in [6.07, 6.45) is 1.51. The number of thioether (sulfide) groups is 1. The van der Waals surface area contributed by atoms with E-state index in [2.05, 4.69) is 0 Å². The Morgan fingerprint density at radius 2 is 1.96 bits per heavy atom. The van der Waals surface area contributed by atoms with E-state index in [1.165, 1.54) is 7.11 Å². The van der Waals surface area contributed by atoms with Crippen LogP contribution in [0.4, 0.5) is 0 Å². The van der Waals surface area contributed by atoms with Crippen molar-refractivity contribution >= 4 is 46.8 Å². The second-order valence-electron chi connectivity index (χ2n) is 6.19. The predicted octanol–water partition coefficient (Wildman–Crippen LogP) is 3.15. The molecule has 0 atom stereocenters. The van der Waals surface area contributed by atoms with Crippen LogP contribution in [0.1, 0.15) is 23.2 Å². The van der Waals surface area contributed by atoms with Gasteiger partial charge >= 0.3 is 0 Å². The molecule has 0 radical (unpaired) electrons. The van der Waals surface area contributed by atoms with Gasteiger partial charge in [-0.15, -0.1) is 11.8 Å². The summed E-state index contributed by atoms with van der Waals surface area (Å²) >= 11 is 14.0. The van der Waals surface area contributed by atoms with Gasteiger partial charge in [0.2, 0.25) is 5.91 Å². The van der Waals surface area contributed by atoms with Gasteiger partial charge in [0.15, 0.2) is 0 Å². The quantitative estimate of drug-likeness (QED) is 0.778. The van der Waals surface area contributed by atoms with Crippen molar-refractivity contribution in [3.8, 4) is 0 Å². The minimum Gasteiger partial charge on any atom is -0.375 e. The number of hydrogen-bond donors (Lipinski definition) is 0. The van der Waals surface area contributed by atoms with Crippen LogP contribution in [0.3, 0.4) is 0 Å². The van der Waals surface area contributed by atoms with Crippen molar-refractivity contribution in [1.29, 1.82) is 0 Å². The van der Waals surface area contributed by atoms with Gasteiger partial charge in [-0.1, -0.05) is 23.2 Å². The number of amides is 2. The number of ether oxygens (including phenoxy) is 1. The van der Waals surface area contributed by atoms with Crippen LogP contribution in [0.25, 0.3) is 0 Å². The number of piperidine rings is 1. The lowest BCUT2D eigenvalue weighted by molar-refractivity contribution is -0.136. The highest BCUT2D eigenvalue weighted by atomic mass is 35.5. The fourth-order valence-corrected chi connectivity index (χ4v) is 5.38. The van der Waals surface area contributed by atoms with Crippen LogP contribution < -0.4 is 0 Å². The Kier molecular flexibility index (Phi) is 5.83. The van der Waals surface area contributed by atoms with Gasteiger partial charge in [0.05, 0.1) is 15.5 Å². The number of halogens is 2. The molecular weight excluding hydrogens is 383 g/mol. The topological polar surface area (TPSA) is 49.9 Å². The molecule has 2 aliphatic heterocycles. The van der Waals surface area contributed by atoms with Gasteiger partial charge in [0.25, 0.3) is 5.91 Å². The minimum atomic E-state index is -0.260. The molecule has 2 fully saturated rings. The van der Waals surface area contributed by atoms with Crippen LogP contribution in [0.15, 0.2) is 18.2 Å². The maximum atomic E-state index is 13.1. The molecule has 0 saturated carbocycles. The second-order valence-corrected chi connectivity index (χ2v) is 8.49. The molecule has 2 aliphatic rings. The van der Waals surface area contributed by atoms with E-state index in [0.29, 0.717) is 35.2 Å². The molecule has 2 heterocycles. The maximum Gasteiger partial charge on any atom is 0.256 e. The van der Waals surface area contributed by atoms with Gasteiger partial charge < -0.3 is 14.5 Å². The van der Waals surface area contributed by atoms with Gasteiger partial charge in [-0.3, -0.25) is 9.59 Å². The monoisotopic (exact) mass is 402 g/mol. The minimum absolute atomic E-state index is 0.000954. The molecule has 0 aromatic heterocycles. The average molecular weight is 403 g/mol. The van der Waals surface area contributed by atoms with E-state index in [9.17, 15) is 9.59 Å². The second kappa shape index (κ2) is 7.74. The summed E-state index contributed by atoms with van der Waals surface area (Å²) in [6.45, 7) is 2.05. The Morgan fingerprint density at radius 1 is 1.24 bits per heavy atom. The summed E-state index contributed by atoms with van der Waals surface area (Å²) in [5, 5.41) is 0.884. The van der Waals surface area contributed by atoms with E-state index in [1.807, 2.05) is 9.80 Å². The molecule has 2 saturated heterocycles. The van der Waals surface area contributed by atoms with E-state index < -0.39 is 0 Å². The number of nitrogens with zero attached hydrogens (tertiary/aromatic N) is 2. The molecule has 0 bridgehead atoms. The number of likely N-dealkylation sites (tertiary alicyclic amines) is 1. The standard InChI is InChI=1S/C17H20Cl2N2O3S/c1-24-11-15(22)20-6-4-17(5-7-20)21(8-9-25-17)16(23)13-3-2-12(18)10-14(13)19/h2-3,10H,4-9,11H2,1H3. The van der Waals surface area contributed by atoms with Crippen molar-refractivity contribution in [2.45, 2.75) is 17.7 Å².